The summed E-state index contributed by atoms with van der Waals surface area (Å²) >= 11 is 0. The number of hydrogen-bond donors (Lipinski definition) is 2. The molecule has 0 aliphatic heterocycles. The van der Waals surface area contributed by atoms with Crippen LogP contribution in [0, 0.1) is 0 Å². The third-order valence-electron chi connectivity index (χ3n) is 1.32. The van der Waals surface area contributed by atoms with Crippen LogP contribution in [-0.4, -0.2) is 20.7 Å². The van der Waals surface area contributed by atoms with E-state index in [1.807, 2.05) is 24.4 Å². The predicted molar refractivity (Wildman–Crippen MR) is 58.1 cm³/mol. The first-order valence-corrected chi connectivity index (χ1v) is 4.57. The minimum Gasteiger partial charge on any atom is -0.391 e. The molecule has 0 saturated carbocycles. The van der Waals surface area contributed by atoms with E-state index in [9.17, 15) is 0 Å². The van der Waals surface area contributed by atoms with Crippen molar-refractivity contribution < 1.29 is 5.11 Å². The van der Waals surface area contributed by atoms with Crippen molar-refractivity contribution in [1.82, 2.24) is 9.97 Å². The van der Waals surface area contributed by atoms with Crippen LogP contribution in [0.15, 0.2) is 30.6 Å². The van der Waals surface area contributed by atoms with Crippen LogP contribution < -0.4 is 0 Å². The lowest BCUT2D eigenvalue weighted by atomic mass is 10.2. The van der Waals surface area contributed by atoms with Gasteiger partial charge in [-0.2, -0.15) is 0 Å². The Labute approximate surface area is 83.8 Å². The molecule has 0 fully saturated rings. The van der Waals surface area contributed by atoms with Crippen LogP contribution in [0.25, 0.3) is 11.0 Å². The van der Waals surface area contributed by atoms with E-state index < -0.39 is 5.60 Å². The number of H-pyrrole nitrogens is 1. The number of nitrogens with zero attached hydrogens (tertiary/aromatic N) is 1. The van der Waals surface area contributed by atoms with Crippen molar-refractivity contribution in [1.29, 1.82) is 0 Å². The van der Waals surface area contributed by atoms with Crippen LogP contribution in [0.1, 0.15) is 20.8 Å². The van der Waals surface area contributed by atoms with E-state index in [1.165, 1.54) is 0 Å². The highest BCUT2D eigenvalue weighted by atomic mass is 16.3. The van der Waals surface area contributed by atoms with Crippen molar-refractivity contribution in [2.75, 3.05) is 0 Å². The monoisotopic (exact) mass is 192 g/mol. The molecule has 0 bridgehead atoms. The van der Waals surface area contributed by atoms with Crippen LogP contribution >= 0.6 is 0 Å². The highest BCUT2D eigenvalue weighted by Crippen LogP contribution is 2.05. The summed E-state index contributed by atoms with van der Waals surface area (Å²) in [7, 11) is 0. The van der Waals surface area contributed by atoms with Gasteiger partial charge in [0.15, 0.2) is 0 Å². The topological polar surface area (TPSA) is 48.9 Å². The lowest BCUT2D eigenvalue weighted by Crippen LogP contribution is -2.10. The molecule has 0 saturated heterocycles. The average molecular weight is 192 g/mol. The fourth-order valence-electron chi connectivity index (χ4n) is 0.883. The second-order valence-electron chi connectivity index (χ2n) is 4.09. The van der Waals surface area contributed by atoms with E-state index in [0.29, 0.717) is 0 Å². The first-order chi connectivity index (χ1) is 6.47. The molecule has 2 heterocycles. The summed E-state index contributed by atoms with van der Waals surface area (Å²) in [5.41, 5.74) is 0.456. The molecule has 0 aliphatic carbocycles. The Kier molecular flexibility index (Phi) is 3.25. The Hall–Kier alpha value is -1.35. The van der Waals surface area contributed by atoms with Crippen LogP contribution in [0.5, 0.6) is 0 Å². The number of nitrogens with one attached hydrogen (secondary N) is 1. The van der Waals surface area contributed by atoms with E-state index >= 15 is 0 Å². The fraction of sp³-hybridized carbons (Fsp3) is 0.364. The van der Waals surface area contributed by atoms with Crippen LogP contribution in [0.4, 0.5) is 0 Å². The molecule has 0 atom stereocenters. The molecule has 0 aromatic carbocycles. The van der Waals surface area contributed by atoms with Gasteiger partial charge in [-0.1, -0.05) is 0 Å². The highest BCUT2D eigenvalue weighted by Gasteiger charge is 1.97. The van der Waals surface area contributed by atoms with Crippen molar-refractivity contribution in [2.24, 2.45) is 0 Å². The van der Waals surface area contributed by atoms with Crippen molar-refractivity contribution in [3.05, 3.63) is 30.6 Å². The molecule has 0 aliphatic rings. The van der Waals surface area contributed by atoms with Gasteiger partial charge in [-0.25, -0.2) is 4.98 Å². The summed E-state index contributed by atoms with van der Waals surface area (Å²) in [4.78, 5) is 7.09. The number of aromatic nitrogens is 2. The number of fused-ring (bicyclic) bond motifs is 1. The van der Waals surface area contributed by atoms with Gasteiger partial charge in [0.2, 0.25) is 0 Å². The van der Waals surface area contributed by atoms with Gasteiger partial charge in [0.05, 0.1) is 5.60 Å². The smallest absolute Gasteiger partial charge is 0.137 e. The van der Waals surface area contributed by atoms with Gasteiger partial charge in [0.25, 0.3) is 0 Å². The quantitative estimate of drug-likeness (QED) is 0.673. The van der Waals surface area contributed by atoms with Gasteiger partial charge >= 0.3 is 0 Å². The summed E-state index contributed by atoms with van der Waals surface area (Å²) in [6.07, 6.45) is 3.66. The van der Waals surface area contributed by atoms with E-state index in [-0.39, 0.29) is 0 Å². The minimum atomic E-state index is -0.500. The standard InChI is InChI=1S/C7H6N2.C4H10O/c1-2-6-3-5-9-7(6)8-4-1;1-4(2,3)5/h1-5H,(H,8,9);5H,1-3H3. The third kappa shape index (κ3) is 4.05. The molecule has 76 valence electrons. The second-order valence-corrected chi connectivity index (χ2v) is 4.09. The Morgan fingerprint density at radius 1 is 1.29 bits per heavy atom. The first-order valence-electron chi connectivity index (χ1n) is 4.57. The number of pyridine rings is 1. The molecule has 0 amide bonds. The van der Waals surface area contributed by atoms with Gasteiger partial charge in [-0.3, -0.25) is 0 Å². The average Bonchev–Trinajstić information content (AvgIpc) is 2.47. The van der Waals surface area contributed by atoms with Crippen LogP contribution in [0.2, 0.25) is 0 Å². The van der Waals surface area contributed by atoms with Crippen molar-refractivity contribution in [2.45, 2.75) is 26.4 Å². The van der Waals surface area contributed by atoms with Gasteiger partial charge in [-0.05, 0) is 39.0 Å². The van der Waals surface area contributed by atoms with Crippen molar-refractivity contribution in [3.63, 3.8) is 0 Å². The summed E-state index contributed by atoms with van der Waals surface area (Å²) in [5.74, 6) is 0. The minimum absolute atomic E-state index is 0.500. The molecular formula is C11H16N2O. The predicted octanol–water partition coefficient (Wildman–Crippen LogP) is 2.34. The van der Waals surface area contributed by atoms with Crippen LogP contribution in [-0.2, 0) is 0 Å². The number of rotatable bonds is 0. The zero-order chi connectivity index (χ0) is 10.6. The molecule has 14 heavy (non-hydrogen) atoms. The molecular weight excluding hydrogens is 176 g/mol. The van der Waals surface area contributed by atoms with Gasteiger partial charge in [-0.15, -0.1) is 0 Å². The van der Waals surface area contributed by atoms with Gasteiger partial charge in [0, 0.05) is 17.8 Å². The maximum Gasteiger partial charge on any atom is 0.137 e. The third-order valence-corrected chi connectivity index (χ3v) is 1.32. The van der Waals surface area contributed by atoms with Gasteiger partial charge < -0.3 is 10.1 Å². The van der Waals surface area contributed by atoms with Crippen molar-refractivity contribution >= 4 is 11.0 Å². The fourth-order valence-corrected chi connectivity index (χ4v) is 0.883. The Morgan fingerprint density at radius 3 is 2.50 bits per heavy atom. The zero-order valence-electron chi connectivity index (χ0n) is 8.78. The number of hydrogen-bond acceptors (Lipinski definition) is 2. The Morgan fingerprint density at radius 2 is 1.93 bits per heavy atom. The van der Waals surface area contributed by atoms with E-state index in [2.05, 4.69) is 9.97 Å². The molecule has 2 rings (SSSR count). The molecule has 0 unspecified atom stereocenters. The normalized spacial score (nSPS) is 10.9. The van der Waals surface area contributed by atoms with E-state index in [0.717, 1.165) is 11.0 Å². The summed E-state index contributed by atoms with van der Waals surface area (Å²) in [6.45, 7) is 5.23. The Bertz CT molecular complexity index is 351. The largest absolute Gasteiger partial charge is 0.391 e. The number of aliphatic hydroxyl groups is 1. The molecule has 3 nitrogen and oxygen atoms in total. The lowest BCUT2D eigenvalue weighted by Gasteiger charge is -2.04. The maximum absolute atomic E-state index is 8.52. The molecule has 2 N–H and O–H groups in total. The molecule has 2 aromatic rings. The molecule has 0 spiro atoms. The van der Waals surface area contributed by atoms with Gasteiger partial charge in [0.1, 0.15) is 5.65 Å². The first kappa shape index (κ1) is 10.7. The zero-order valence-corrected chi connectivity index (χ0v) is 8.78. The van der Waals surface area contributed by atoms with E-state index in [1.54, 1.807) is 27.0 Å². The summed E-state index contributed by atoms with van der Waals surface area (Å²) in [6, 6.07) is 5.96. The SMILES string of the molecule is CC(C)(C)O.c1cnc2[nH]ccc2c1. The highest BCUT2D eigenvalue weighted by molar-refractivity contribution is 5.74. The lowest BCUT2D eigenvalue weighted by molar-refractivity contribution is 0.102. The molecule has 3 heteroatoms. The molecule has 0 radical (unpaired) electrons. The second kappa shape index (κ2) is 4.24. The maximum atomic E-state index is 8.52. The van der Waals surface area contributed by atoms with E-state index in [4.69, 9.17) is 5.11 Å². The summed E-state index contributed by atoms with van der Waals surface area (Å²) < 4.78 is 0. The molecule has 2 aromatic heterocycles. The number of aromatic amines is 1. The Balaban J connectivity index is 0.000000171. The van der Waals surface area contributed by atoms with Crippen molar-refractivity contribution in [3.8, 4) is 0 Å². The summed E-state index contributed by atoms with van der Waals surface area (Å²) in [5, 5.41) is 9.69. The van der Waals surface area contributed by atoms with Crippen LogP contribution in [0.3, 0.4) is 0 Å².